The minimum absolute atomic E-state index is 0.0971. The zero-order chi connectivity index (χ0) is 11.5. The predicted octanol–water partition coefficient (Wildman–Crippen LogP) is 2.77. The van der Waals surface area contributed by atoms with Crippen LogP contribution < -0.4 is 5.32 Å². The molecule has 0 amide bonds. The molecule has 84 valence electrons. The molecule has 0 spiro atoms. The molecular formula is C10H10ClN3O2. The van der Waals surface area contributed by atoms with Crippen LogP contribution in [0.3, 0.4) is 0 Å². The third kappa shape index (κ3) is 2.30. The molecule has 0 radical (unpaired) electrons. The van der Waals surface area contributed by atoms with Crippen LogP contribution in [0.4, 0.5) is 11.5 Å². The highest BCUT2D eigenvalue weighted by Gasteiger charge is 2.15. The lowest BCUT2D eigenvalue weighted by molar-refractivity contribution is -0.385. The first kappa shape index (κ1) is 10.9. The van der Waals surface area contributed by atoms with Crippen LogP contribution in [0.2, 0.25) is 5.02 Å². The summed E-state index contributed by atoms with van der Waals surface area (Å²) in [5, 5.41) is 13.9. The molecule has 1 aromatic heterocycles. The molecule has 16 heavy (non-hydrogen) atoms. The van der Waals surface area contributed by atoms with Crippen molar-refractivity contribution < 1.29 is 4.92 Å². The Morgan fingerprint density at radius 1 is 1.50 bits per heavy atom. The molecular weight excluding hydrogens is 230 g/mol. The fraction of sp³-hybridized carbons (Fsp3) is 0.300. The molecule has 6 heteroatoms. The van der Waals surface area contributed by atoms with Gasteiger partial charge in [-0.2, -0.15) is 0 Å². The van der Waals surface area contributed by atoms with E-state index in [0.29, 0.717) is 5.82 Å². The van der Waals surface area contributed by atoms with Crippen LogP contribution in [-0.2, 0) is 0 Å². The SMILES string of the molecule is O=[N+]([O-])c1cnc(NC2CC=CC2)c(Cl)c1. The van der Waals surface area contributed by atoms with Crippen LogP contribution in [0.1, 0.15) is 12.8 Å². The van der Waals surface area contributed by atoms with Crippen molar-refractivity contribution in [1.82, 2.24) is 4.98 Å². The summed E-state index contributed by atoms with van der Waals surface area (Å²) in [7, 11) is 0. The lowest BCUT2D eigenvalue weighted by Crippen LogP contribution is -2.16. The summed E-state index contributed by atoms with van der Waals surface area (Å²) in [5.41, 5.74) is -0.0971. The smallest absolute Gasteiger partial charge is 0.289 e. The van der Waals surface area contributed by atoms with E-state index in [1.54, 1.807) is 0 Å². The minimum Gasteiger partial charge on any atom is -0.365 e. The van der Waals surface area contributed by atoms with Crippen LogP contribution in [0.5, 0.6) is 0 Å². The van der Waals surface area contributed by atoms with Gasteiger partial charge in [-0.1, -0.05) is 23.8 Å². The molecule has 5 nitrogen and oxygen atoms in total. The zero-order valence-electron chi connectivity index (χ0n) is 8.39. The van der Waals surface area contributed by atoms with E-state index in [9.17, 15) is 10.1 Å². The number of rotatable bonds is 3. The second-order valence-corrected chi connectivity index (χ2v) is 3.97. The molecule has 1 N–H and O–H groups in total. The van der Waals surface area contributed by atoms with E-state index in [1.807, 2.05) is 0 Å². The monoisotopic (exact) mass is 239 g/mol. The molecule has 1 aromatic rings. The summed E-state index contributed by atoms with van der Waals surface area (Å²) in [6.07, 6.45) is 7.22. The van der Waals surface area contributed by atoms with Crippen molar-refractivity contribution in [2.75, 3.05) is 5.32 Å². The fourth-order valence-electron chi connectivity index (χ4n) is 1.56. The average molecular weight is 240 g/mol. The molecule has 0 unspecified atom stereocenters. The first-order chi connectivity index (χ1) is 7.66. The van der Waals surface area contributed by atoms with Gasteiger partial charge in [-0.15, -0.1) is 0 Å². The third-order valence-electron chi connectivity index (χ3n) is 2.39. The van der Waals surface area contributed by atoms with E-state index < -0.39 is 4.92 Å². The highest BCUT2D eigenvalue weighted by molar-refractivity contribution is 6.33. The molecule has 1 heterocycles. The van der Waals surface area contributed by atoms with Crippen molar-refractivity contribution in [3.05, 3.63) is 39.6 Å². The number of hydrogen-bond donors (Lipinski definition) is 1. The number of halogens is 1. The van der Waals surface area contributed by atoms with Gasteiger partial charge < -0.3 is 5.32 Å². The van der Waals surface area contributed by atoms with E-state index in [0.717, 1.165) is 12.8 Å². The van der Waals surface area contributed by atoms with Crippen LogP contribution in [-0.4, -0.2) is 15.9 Å². The van der Waals surface area contributed by atoms with Crippen LogP contribution in [0.15, 0.2) is 24.4 Å². The highest BCUT2D eigenvalue weighted by atomic mass is 35.5. The lowest BCUT2D eigenvalue weighted by atomic mass is 10.2. The Morgan fingerprint density at radius 3 is 2.75 bits per heavy atom. The number of pyridine rings is 1. The number of anilines is 1. The Kier molecular flexibility index (Phi) is 3.05. The van der Waals surface area contributed by atoms with E-state index >= 15 is 0 Å². The number of aromatic nitrogens is 1. The van der Waals surface area contributed by atoms with E-state index in [1.165, 1.54) is 12.3 Å². The summed E-state index contributed by atoms with van der Waals surface area (Å²) in [5.74, 6) is 0.501. The maximum atomic E-state index is 10.5. The molecule has 0 saturated heterocycles. The van der Waals surface area contributed by atoms with Gasteiger partial charge in [-0.3, -0.25) is 10.1 Å². The van der Waals surface area contributed by atoms with Crippen molar-refractivity contribution in [3.63, 3.8) is 0 Å². The molecule has 0 aliphatic heterocycles. The number of nitro groups is 1. The van der Waals surface area contributed by atoms with Gasteiger partial charge in [-0.25, -0.2) is 4.98 Å². The second-order valence-electron chi connectivity index (χ2n) is 3.57. The Bertz CT molecular complexity index is 440. The van der Waals surface area contributed by atoms with Crippen LogP contribution >= 0.6 is 11.6 Å². The van der Waals surface area contributed by atoms with Gasteiger partial charge in [0.25, 0.3) is 5.69 Å². The Balaban J connectivity index is 2.12. The number of nitrogens with zero attached hydrogens (tertiary/aromatic N) is 2. The largest absolute Gasteiger partial charge is 0.365 e. The summed E-state index contributed by atoms with van der Waals surface area (Å²) < 4.78 is 0. The lowest BCUT2D eigenvalue weighted by Gasteiger charge is -2.13. The van der Waals surface area contributed by atoms with E-state index in [-0.39, 0.29) is 16.8 Å². The van der Waals surface area contributed by atoms with Gasteiger partial charge in [0.05, 0.1) is 9.95 Å². The van der Waals surface area contributed by atoms with Crippen molar-refractivity contribution >= 4 is 23.1 Å². The topological polar surface area (TPSA) is 68.1 Å². The molecule has 0 bridgehead atoms. The molecule has 0 saturated carbocycles. The van der Waals surface area contributed by atoms with Gasteiger partial charge in [0.15, 0.2) is 0 Å². The van der Waals surface area contributed by atoms with Gasteiger partial charge >= 0.3 is 0 Å². The molecule has 2 rings (SSSR count). The first-order valence-corrected chi connectivity index (χ1v) is 5.26. The van der Waals surface area contributed by atoms with Crippen molar-refractivity contribution in [1.29, 1.82) is 0 Å². The summed E-state index contributed by atoms with van der Waals surface area (Å²) in [6.45, 7) is 0. The van der Waals surface area contributed by atoms with Crippen LogP contribution in [0.25, 0.3) is 0 Å². The summed E-state index contributed by atoms with van der Waals surface area (Å²) in [4.78, 5) is 13.9. The molecule has 1 aliphatic rings. The summed E-state index contributed by atoms with van der Waals surface area (Å²) >= 11 is 5.90. The molecule has 0 aromatic carbocycles. The third-order valence-corrected chi connectivity index (χ3v) is 2.67. The van der Waals surface area contributed by atoms with E-state index in [4.69, 9.17) is 11.6 Å². The Hall–Kier alpha value is -1.62. The van der Waals surface area contributed by atoms with Gasteiger partial charge in [0, 0.05) is 12.1 Å². The standard InChI is InChI=1S/C10H10ClN3O2/c11-9-5-8(14(15)16)6-12-10(9)13-7-3-1-2-4-7/h1-2,5-7H,3-4H2,(H,12,13). The number of nitrogens with one attached hydrogen (secondary N) is 1. The summed E-state index contributed by atoms with van der Waals surface area (Å²) in [6, 6.07) is 1.59. The van der Waals surface area contributed by atoms with E-state index in [2.05, 4.69) is 22.5 Å². The second kappa shape index (κ2) is 4.49. The minimum atomic E-state index is -0.514. The van der Waals surface area contributed by atoms with Crippen LogP contribution in [0, 0.1) is 10.1 Å². The maximum absolute atomic E-state index is 10.5. The maximum Gasteiger partial charge on any atom is 0.289 e. The predicted molar refractivity (Wildman–Crippen MR) is 61.7 cm³/mol. The Labute approximate surface area is 97.3 Å². The molecule has 0 atom stereocenters. The number of hydrogen-bond acceptors (Lipinski definition) is 4. The highest BCUT2D eigenvalue weighted by Crippen LogP contribution is 2.26. The first-order valence-electron chi connectivity index (χ1n) is 4.88. The van der Waals surface area contributed by atoms with Crippen molar-refractivity contribution in [2.24, 2.45) is 0 Å². The van der Waals surface area contributed by atoms with Crippen molar-refractivity contribution in [2.45, 2.75) is 18.9 Å². The quantitative estimate of drug-likeness (QED) is 0.500. The fourth-order valence-corrected chi connectivity index (χ4v) is 1.78. The normalized spacial score (nSPS) is 15.3. The average Bonchev–Trinajstić information content (AvgIpc) is 2.73. The zero-order valence-corrected chi connectivity index (χ0v) is 9.15. The van der Waals surface area contributed by atoms with Gasteiger partial charge in [0.1, 0.15) is 12.0 Å². The molecule has 1 aliphatic carbocycles. The molecule has 0 fully saturated rings. The van der Waals surface area contributed by atoms with Gasteiger partial charge in [0.2, 0.25) is 0 Å². The Morgan fingerprint density at radius 2 is 2.19 bits per heavy atom. The van der Waals surface area contributed by atoms with Gasteiger partial charge in [-0.05, 0) is 12.8 Å². The van der Waals surface area contributed by atoms with Crippen molar-refractivity contribution in [3.8, 4) is 0 Å².